The van der Waals surface area contributed by atoms with Gasteiger partial charge in [-0.25, -0.2) is 9.97 Å². The third-order valence-corrected chi connectivity index (χ3v) is 5.73. The summed E-state index contributed by atoms with van der Waals surface area (Å²) in [4.78, 5) is 14.6. The molecule has 0 aromatic carbocycles. The molecule has 0 amide bonds. The molecule has 2 aromatic rings. The predicted molar refractivity (Wildman–Crippen MR) is 90.2 cm³/mol. The quantitative estimate of drug-likeness (QED) is 0.934. The molecule has 0 saturated carbocycles. The zero-order valence-electron chi connectivity index (χ0n) is 13.4. The van der Waals surface area contributed by atoms with E-state index in [9.17, 15) is 0 Å². The van der Waals surface area contributed by atoms with E-state index in [1.165, 1.54) is 41.6 Å². The maximum Gasteiger partial charge on any atom is 0.146 e. The lowest BCUT2D eigenvalue weighted by molar-refractivity contribution is 0.234. The molecule has 1 saturated heterocycles. The van der Waals surface area contributed by atoms with Gasteiger partial charge >= 0.3 is 0 Å². The van der Waals surface area contributed by atoms with Gasteiger partial charge in [0.25, 0.3) is 0 Å². The van der Waals surface area contributed by atoms with E-state index in [-0.39, 0.29) is 0 Å². The summed E-state index contributed by atoms with van der Waals surface area (Å²) in [5.41, 5.74) is 1.30. The average molecular weight is 304 g/mol. The largest absolute Gasteiger partial charge is 0.372 e. The third-order valence-electron chi connectivity index (χ3n) is 4.63. The standard InChI is InChI=1S/C16H24N4S/c1-5-12-7-6-8-20(12)9-13-18-15(17-4)14-10(2)11(3)21-16(14)19-13/h12H,5-9H2,1-4H3,(H,17,18,19). The molecular formula is C16H24N4S. The van der Waals surface area contributed by atoms with Crippen LogP contribution in [0.4, 0.5) is 5.82 Å². The number of nitrogens with one attached hydrogen (secondary N) is 1. The van der Waals surface area contributed by atoms with Gasteiger partial charge in [-0.3, -0.25) is 4.90 Å². The Kier molecular flexibility index (Phi) is 4.13. The highest BCUT2D eigenvalue weighted by molar-refractivity contribution is 7.18. The summed E-state index contributed by atoms with van der Waals surface area (Å²) in [6.07, 6.45) is 3.84. The zero-order valence-corrected chi connectivity index (χ0v) is 14.2. The molecule has 1 unspecified atom stereocenters. The van der Waals surface area contributed by atoms with E-state index in [0.717, 1.165) is 23.0 Å². The molecule has 1 aliphatic rings. The van der Waals surface area contributed by atoms with Gasteiger partial charge in [0, 0.05) is 18.0 Å². The van der Waals surface area contributed by atoms with Crippen molar-refractivity contribution in [1.29, 1.82) is 0 Å². The van der Waals surface area contributed by atoms with Crippen molar-refractivity contribution in [3.63, 3.8) is 0 Å². The highest BCUT2D eigenvalue weighted by Crippen LogP contribution is 2.33. The summed E-state index contributed by atoms with van der Waals surface area (Å²) < 4.78 is 0. The van der Waals surface area contributed by atoms with Crippen molar-refractivity contribution in [1.82, 2.24) is 14.9 Å². The second-order valence-electron chi connectivity index (χ2n) is 5.88. The van der Waals surface area contributed by atoms with E-state index >= 15 is 0 Å². The number of hydrogen-bond donors (Lipinski definition) is 1. The van der Waals surface area contributed by atoms with Gasteiger partial charge in [-0.15, -0.1) is 11.3 Å². The first-order valence-corrected chi connectivity index (χ1v) is 8.64. The second kappa shape index (κ2) is 5.89. The van der Waals surface area contributed by atoms with Crippen molar-refractivity contribution in [3.8, 4) is 0 Å². The van der Waals surface area contributed by atoms with Gasteiger partial charge in [-0.05, 0) is 45.2 Å². The minimum atomic E-state index is 0.703. The number of aromatic nitrogens is 2. The van der Waals surface area contributed by atoms with Crippen LogP contribution in [0.5, 0.6) is 0 Å². The minimum absolute atomic E-state index is 0.703. The first-order chi connectivity index (χ1) is 10.1. The number of rotatable bonds is 4. The van der Waals surface area contributed by atoms with E-state index < -0.39 is 0 Å². The number of fused-ring (bicyclic) bond motifs is 1. The molecule has 3 rings (SSSR count). The van der Waals surface area contributed by atoms with Gasteiger partial charge in [-0.1, -0.05) is 6.92 Å². The number of hydrogen-bond acceptors (Lipinski definition) is 5. The van der Waals surface area contributed by atoms with E-state index in [0.29, 0.717) is 6.04 Å². The van der Waals surface area contributed by atoms with Gasteiger partial charge in [0.1, 0.15) is 16.5 Å². The van der Waals surface area contributed by atoms with Crippen LogP contribution in [0.25, 0.3) is 10.2 Å². The van der Waals surface area contributed by atoms with E-state index in [1.807, 2.05) is 7.05 Å². The fraction of sp³-hybridized carbons (Fsp3) is 0.625. The van der Waals surface area contributed by atoms with Crippen molar-refractivity contribution in [2.24, 2.45) is 0 Å². The first kappa shape index (κ1) is 14.7. The number of thiophene rings is 1. The van der Waals surface area contributed by atoms with E-state index in [2.05, 4.69) is 31.0 Å². The lowest BCUT2D eigenvalue weighted by atomic mass is 10.2. The van der Waals surface area contributed by atoms with Crippen LogP contribution in [0.3, 0.4) is 0 Å². The Labute approximate surface area is 130 Å². The molecule has 5 heteroatoms. The van der Waals surface area contributed by atoms with Crippen LogP contribution in [0.15, 0.2) is 0 Å². The molecule has 0 radical (unpaired) electrons. The molecule has 0 bridgehead atoms. The fourth-order valence-corrected chi connectivity index (χ4v) is 4.34. The van der Waals surface area contributed by atoms with Crippen LogP contribution in [0, 0.1) is 13.8 Å². The Hall–Kier alpha value is -1.20. The average Bonchev–Trinajstić information content (AvgIpc) is 3.03. The summed E-state index contributed by atoms with van der Waals surface area (Å²) in [5, 5.41) is 4.44. The van der Waals surface area contributed by atoms with E-state index in [1.54, 1.807) is 11.3 Å². The summed E-state index contributed by atoms with van der Waals surface area (Å²) in [6, 6.07) is 0.703. The fourth-order valence-electron chi connectivity index (χ4n) is 3.29. The van der Waals surface area contributed by atoms with Gasteiger partial charge in [-0.2, -0.15) is 0 Å². The van der Waals surface area contributed by atoms with Gasteiger partial charge in [0.2, 0.25) is 0 Å². The van der Waals surface area contributed by atoms with Gasteiger partial charge in [0.15, 0.2) is 0 Å². The van der Waals surface area contributed by atoms with Crippen LogP contribution in [0.1, 0.15) is 42.5 Å². The highest BCUT2D eigenvalue weighted by Gasteiger charge is 2.24. The van der Waals surface area contributed by atoms with Crippen molar-refractivity contribution >= 4 is 27.4 Å². The molecule has 21 heavy (non-hydrogen) atoms. The van der Waals surface area contributed by atoms with Crippen molar-refractivity contribution < 1.29 is 0 Å². The molecule has 0 aliphatic carbocycles. The molecular weight excluding hydrogens is 280 g/mol. The maximum atomic E-state index is 4.82. The SMILES string of the molecule is CCC1CCCN1Cc1nc(NC)c2c(C)c(C)sc2n1. The Morgan fingerprint density at radius 3 is 2.86 bits per heavy atom. The van der Waals surface area contributed by atoms with Gasteiger partial charge < -0.3 is 5.32 Å². The Morgan fingerprint density at radius 2 is 2.14 bits per heavy atom. The molecule has 3 heterocycles. The third kappa shape index (κ3) is 2.64. The first-order valence-electron chi connectivity index (χ1n) is 7.82. The summed E-state index contributed by atoms with van der Waals surface area (Å²) in [5.74, 6) is 1.93. The summed E-state index contributed by atoms with van der Waals surface area (Å²) in [7, 11) is 1.95. The predicted octanol–water partition coefficient (Wildman–Crippen LogP) is 3.72. The molecule has 1 aliphatic heterocycles. The van der Waals surface area contributed by atoms with Crippen molar-refractivity contribution in [2.45, 2.75) is 52.6 Å². The van der Waals surface area contributed by atoms with Crippen molar-refractivity contribution in [2.75, 3.05) is 18.9 Å². The number of likely N-dealkylation sites (tertiary alicyclic amines) is 1. The topological polar surface area (TPSA) is 41.1 Å². The maximum absolute atomic E-state index is 4.82. The Bertz CT molecular complexity index is 649. The molecule has 0 spiro atoms. The monoisotopic (exact) mass is 304 g/mol. The lowest BCUT2D eigenvalue weighted by Crippen LogP contribution is -2.29. The van der Waals surface area contributed by atoms with Crippen LogP contribution in [-0.2, 0) is 6.54 Å². The molecule has 2 aromatic heterocycles. The van der Waals surface area contributed by atoms with Crippen LogP contribution in [-0.4, -0.2) is 34.5 Å². The molecule has 1 atom stereocenters. The van der Waals surface area contributed by atoms with E-state index in [4.69, 9.17) is 9.97 Å². The second-order valence-corrected chi connectivity index (χ2v) is 7.08. The van der Waals surface area contributed by atoms with Gasteiger partial charge in [0.05, 0.1) is 11.9 Å². The molecule has 1 N–H and O–H groups in total. The zero-order chi connectivity index (χ0) is 15.0. The summed E-state index contributed by atoms with van der Waals surface area (Å²) >= 11 is 1.78. The highest BCUT2D eigenvalue weighted by atomic mass is 32.1. The van der Waals surface area contributed by atoms with Crippen LogP contribution < -0.4 is 5.32 Å². The number of nitrogens with zero attached hydrogens (tertiary/aromatic N) is 3. The molecule has 1 fully saturated rings. The van der Waals surface area contributed by atoms with Crippen LogP contribution in [0.2, 0.25) is 0 Å². The molecule has 114 valence electrons. The smallest absolute Gasteiger partial charge is 0.146 e. The minimum Gasteiger partial charge on any atom is -0.372 e. The Morgan fingerprint density at radius 1 is 1.33 bits per heavy atom. The number of anilines is 1. The summed E-state index contributed by atoms with van der Waals surface area (Å²) in [6.45, 7) is 8.65. The normalized spacial score (nSPS) is 19.5. The van der Waals surface area contributed by atoms with Crippen molar-refractivity contribution in [3.05, 3.63) is 16.3 Å². The lowest BCUT2D eigenvalue weighted by Gasteiger charge is -2.22. The number of aryl methyl sites for hydroxylation is 2. The molecule has 4 nitrogen and oxygen atoms in total. The Balaban J connectivity index is 1.96. The van der Waals surface area contributed by atoms with Crippen LogP contribution >= 0.6 is 11.3 Å².